The molecule has 2 rings (SSSR count). The Bertz CT molecular complexity index is 401. The lowest BCUT2D eigenvalue weighted by Gasteiger charge is -2.07. The van der Waals surface area contributed by atoms with Crippen LogP contribution in [0, 0.1) is 10.1 Å². The standard InChI is InChI=1S/C9H8BrNO3/c10-7-2-1-6(9(12)3-4-9)5-8(7)11(13)14/h1-2,5,12H,3-4H2. The van der Waals surface area contributed by atoms with E-state index < -0.39 is 10.5 Å². The minimum absolute atomic E-state index is 0.00262. The monoisotopic (exact) mass is 257 g/mol. The van der Waals surface area contributed by atoms with Crippen molar-refractivity contribution < 1.29 is 10.0 Å². The fourth-order valence-electron chi connectivity index (χ4n) is 1.35. The van der Waals surface area contributed by atoms with Gasteiger partial charge in [0.05, 0.1) is 15.0 Å². The maximum Gasteiger partial charge on any atom is 0.283 e. The molecule has 1 saturated carbocycles. The Morgan fingerprint density at radius 1 is 1.50 bits per heavy atom. The van der Waals surface area contributed by atoms with Crippen LogP contribution in [0.4, 0.5) is 5.69 Å². The van der Waals surface area contributed by atoms with E-state index in [0.717, 1.165) is 0 Å². The van der Waals surface area contributed by atoms with Crippen molar-refractivity contribution >= 4 is 21.6 Å². The van der Waals surface area contributed by atoms with E-state index >= 15 is 0 Å². The zero-order valence-electron chi connectivity index (χ0n) is 7.24. The van der Waals surface area contributed by atoms with Crippen LogP contribution in [-0.4, -0.2) is 10.0 Å². The molecule has 0 saturated heterocycles. The highest BCUT2D eigenvalue weighted by Crippen LogP contribution is 2.46. The first-order valence-corrected chi connectivity index (χ1v) is 4.99. The van der Waals surface area contributed by atoms with E-state index in [9.17, 15) is 15.2 Å². The summed E-state index contributed by atoms with van der Waals surface area (Å²) >= 11 is 3.09. The summed E-state index contributed by atoms with van der Waals surface area (Å²) in [5.74, 6) is 0. The highest BCUT2D eigenvalue weighted by Gasteiger charge is 2.42. The molecule has 5 heteroatoms. The van der Waals surface area contributed by atoms with E-state index in [1.165, 1.54) is 6.07 Å². The summed E-state index contributed by atoms with van der Waals surface area (Å²) in [4.78, 5) is 10.2. The predicted molar refractivity (Wildman–Crippen MR) is 53.9 cm³/mol. The lowest BCUT2D eigenvalue weighted by atomic mass is 10.1. The summed E-state index contributed by atoms with van der Waals surface area (Å²) in [5.41, 5.74) is -0.180. The smallest absolute Gasteiger partial charge is 0.283 e. The number of nitrogens with zero attached hydrogens (tertiary/aromatic N) is 1. The Kier molecular flexibility index (Phi) is 2.08. The molecule has 1 fully saturated rings. The van der Waals surface area contributed by atoms with Crippen molar-refractivity contribution in [2.45, 2.75) is 18.4 Å². The number of nitro groups is 1. The molecule has 0 aliphatic heterocycles. The third-order valence-corrected chi connectivity index (χ3v) is 3.07. The van der Waals surface area contributed by atoms with Gasteiger partial charge in [-0.05, 0) is 40.4 Å². The second kappa shape index (κ2) is 3.03. The summed E-state index contributed by atoms with van der Waals surface area (Å²) in [6.45, 7) is 0. The fraction of sp³-hybridized carbons (Fsp3) is 0.333. The van der Waals surface area contributed by atoms with Crippen LogP contribution in [0.1, 0.15) is 18.4 Å². The highest BCUT2D eigenvalue weighted by atomic mass is 79.9. The van der Waals surface area contributed by atoms with Gasteiger partial charge in [-0.25, -0.2) is 0 Å². The van der Waals surface area contributed by atoms with E-state index in [0.29, 0.717) is 22.9 Å². The van der Waals surface area contributed by atoms with Crippen LogP contribution in [0.2, 0.25) is 0 Å². The maximum atomic E-state index is 10.6. The minimum atomic E-state index is -0.814. The molecule has 1 N–H and O–H groups in total. The molecule has 1 aliphatic carbocycles. The number of nitro benzene ring substituents is 1. The average molecular weight is 258 g/mol. The lowest BCUT2D eigenvalue weighted by molar-refractivity contribution is -0.385. The number of aliphatic hydroxyl groups is 1. The molecule has 0 unspecified atom stereocenters. The molecule has 0 radical (unpaired) electrons. The molecule has 1 aliphatic rings. The van der Waals surface area contributed by atoms with Crippen LogP contribution in [-0.2, 0) is 5.60 Å². The van der Waals surface area contributed by atoms with E-state index in [2.05, 4.69) is 15.9 Å². The fourth-order valence-corrected chi connectivity index (χ4v) is 1.74. The zero-order valence-corrected chi connectivity index (χ0v) is 8.82. The number of halogens is 1. The van der Waals surface area contributed by atoms with Gasteiger partial charge in [0.2, 0.25) is 0 Å². The second-order valence-electron chi connectivity index (χ2n) is 3.45. The van der Waals surface area contributed by atoms with Gasteiger partial charge in [-0.2, -0.15) is 0 Å². The summed E-state index contributed by atoms with van der Waals surface area (Å²) < 4.78 is 0.440. The van der Waals surface area contributed by atoms with Gasteiger partial charge in [-0.1, -0.05) is 6.07 Å². The van der Waals surface area contributed by atoms with Crippen molar-refractivity contribution in [2.24, 2.45) is 0 Å². The Morgan fingerprint density at radius 2 is 2.14 bits per heavy atom. The number of hydrogen-bond donors (Lipinski definition) is 1. The van der Waals surface area contributed by atoms with E-state index in [4.69, 9.17) is 0 Å². The van der Waals surface area contributed by atoms with Crippen LogP contribution in [0.25, 0.3) is 0 Å². The first-order valence-electron chi connectivity index (χ1n) is 4.20. The van der Waals surface area contributed by atoms with Crippen molar-refractivity contribution in [3.8, 4) is 0 Å². The zero-order chi connectivity index (χ0) is 10.3. The summed E-state index contributed by atoms with van der Waals surface area (Å²) in [6.07, 6.45) is 1.37. The SMILES string of the molecule is O=[N+]([O-])c1cc(C2(O)CC2)ccc1Br. The van der Waals surface area contributed by atoms with Gasteiger partial charge in [-0.3, -0.25) is 10.1 Å². The number of benzene rings is 1. The quantitative estimate of drug-likeness (QED) is 0.654. The second-order valence-corrected chi connectivity index (χ2v) is 4.31. The molecule has 14 heavy (non-hydrogen) atoms. The van der Waals surface area contributed by atoms with Gasteiger partial charge in [-0.15, -0.1) is 0 Å². The van der Waals surface area contributed by atoms with Gasteiger partial charge >= 0.3 is 0 Å². The molecule has 0 amide bonds. The number of rotatable bonds is 2. The Balaban J connectivity index is 2.46. The van der Waals surface area contributed by atoms with Crippen molar-refractivity contribution in [3.05, 3.63) is 38.3 Å². The van der Waals surface area contributed by atoms with Gasteiger partial charge in [0.1, 0.15) is 0 Å². The molecular formula is C9H8BrNO3. The minimum Gasteiger partial charge on any atom is -0.385 e. The van der Waals surface area contributed by atoms with Crippen molar-refractivity contribution in [1.29, 1.82) is 0 Å². The van der Waals surface area contributed by atoms with Gasteiger partial charge < -0.3 is 5.11 Å². The van der Waals surface area contributed by atoms with Crippen LogP contribution < -0.4 is 0 Å². The van der Waals surface area contributed by atoms with Crippen LogP contribution in [0.5, 0.6) is 0 Å². The third-order valence-electron chi connectivity index (χ3n) is 2.40. The molecule has 74 valence electrons. The largest absolute Gasteiger partial charge is 0.385 e. The highest BCUT2D eigenvalue weighted by molar-refractivity contribution is 9.10. The Labute approximate surface area is 88.8 Å². The molecule has 0 aromatic heterocycles. The maximum absolute atomic E-state index is 10.6. The topological polar surface area (TPSA) is 63.4 Å². The molecule has 0 heterocycles. The average Bonchev–Trinajstić information content (AvgIpc) is 2.85. The molecule has 0 bridgehead atoms. The molecular weight excluding hydrogens is 250 g/mol. The molecule has 4 nitrogen and oxygen atoms in total. The van der Waals surface area contributed by atoms with Crippen LogP contribution >= 0.6 is 15.9 Å². The lowest BCUT2D eigenvalue weighted by Crippen LogP contribution is -2.04. The first kappa shape index (κ1) is 9.61. The molecule has 1 aromatic carbocycles. The predicted octanol–water partition coefficient (Wildman–Crippen LogP) is 2.34. The summed E-state index contributed by atoms with van der Waals surface area (Å²) in [7, 11) is 0. The first-order chi connectivity index (χ1) is 6.53. The summed E-state index contributed by atoms with van der Waals surface area (Å²) in [6, 6.07) is 4.74. The summed E-state index contributed by atoms with van der Waals surface area (Å²) in [5, 5.41) is 20.4. The molecule has 0 atom stereocenters. The third kappa shape index (κ3) is 1.53. The number of hydrogen-bond acceptors (Lipinski definition) is 3. The van der Waals surface area contributed by atoms with Crippen molar-refractivity contribution in [1.82, 2.24) is 0 Å². The molecule has 0 spiro atoms. The van der Waals surface area contributed by atoms with Crippen molar-refractivity contribution in [2.75, 3.05) is 0 Å². The Hall–Kier alpha value is -0.940. The van der Waals surface area contributed by atoms with Gasteiger partial charge in [0.25, 0.3) is 5.69 Å². The van der Waals surface area contributed by atoms with E-state index in [-0.39, 0.29) is 5.69 Å². The van der Waals surface area contributed by atoms with Crippen LogP contribution in [0.15, 0.2) is 22.7 Å². The van der Waals surface area contributed by atoms with E-state index in [1.54, 1.807) is 12.1 Å². The van der Waals surface area contributed by atoms with Gasteiger partial charge in [0.15, 0.2) is 0 Å². The normalized spacial score (nSPS) is 17.9. The van der Waals surface area contributed by atoms with Gasteiger partial charge in [0, 0.05) is 6.07 Å². The van der Waals surface area contributed by atoms with Crippen LogP contribution in [0.3, 0.4) is 0 Å². The van der Waals surface area contributed by atoms with E-state index in [1.807, 2.05) is 0 Å². The molecule has 1 aromatic rings. The van der Waals surface area contributed by atoms with Crippen molar-refractivity contribution in [3.63, 3.8) is 0 Å². The Morgan fingerprint density at radius 3 is 2.64 bits per heavy atom.